The van der Waals surface area contributed by atoms with Crippen LogP contribution in [0.2, 0.25) is 0 Å². The summed E-state index contributed by atoms with van der Waals surface area (Å²) >= 11 is 0. The molecule has 0 saturated carbocycles. The lowest BCUT2D eigenvalue weighted by Gasteiger charge is -2.02. The van der Waals surface area contributed by atoms with E-state index in [-0.39, 0.29) is 6.07 Å². The Bertz CT molecular complexity index is 285. The summed E-state index contributed by atoms with van der Waals surface area (Å²) < 4.78 is 49.9. The molecule has 2 N–H and O–H groups in total. The van der Waals surface area contributed by atoms with Gasteiger partial charge < -0.3 is 5.73 Å². The zero-order chi connectivity index (χ0) is 9.30. The molecule has 0 aliphatic heterocycles. The molecule has 0 atom stereocenters. The number of nitrogens with two attached hydrogens (primary N) is 1. The second-order valence-corrected chi connectivity index (χ2v) is 2.15. The van der Waals surface area contributed by atoms with Crippen molar-refractivity contribution in [1.82, 2.24) is 0 Å². The maximum atomic E-state index is 12.6. The van der Waals surface area contributed by atoms with E-state index in [4.69, 9.17) is 5.73 Å². The molecule has 0 bridgehead atoms. The summed E-state index contributed by atoms with van der Waals surface area (Å²) in [7, 11) is 0. The van der Waals surface area contributed by atoms with E-state index in [0.717, 1.165) is 0 Å². The third-order valence-corrected chi connectivity index (χ3v) is 1.41. The van der Waals surface area contributed by atoms with Gasteiger partial charge in [-0.15, -0.1) is 0 Å². The van der Waals surface area contributed by atoms with Crippen LogP contribution in [-0.4, -0.2) is 0 Å². The van der Waals surface area contributed by atoms with Gasteiger partial charge in [-0.05, 0) is 0 Å². The minimum atomic E-state index is -1.44. The largest absolute Gasteiger partial charge is 0.326 e. The summed E-state index contributed by atoms with van der Waals surface area (Å²) in [6, 6.07) is 0.143. The second-order valence-electron chi connectivity index (χ2n) is 2.15. The molecule has 5 heteroatoms. The van der Waals surface area contributed by atoms with Crippen LogP contribution in [0.4, 0.5) is 17.6 Å². The Labute approximate surface area is 65.8 Å². The van der Waals surface area contributed by atoms with Crippen molar-refractivity contribution < 1.29 is 17.6 Å². The zero-order valence-corrected chi connectivity index (χ0v) is 5.87. The molecule has 0 aromatic heterocycles. The summed E-state index contributed by atoms with van der Waals surface area (Å²) in [5.41, 5.74) is 4.11. The molecule has 12 heavy (non-hydrogen) atoms. The van der Waals surface area contributed by atoms with E-state index in [1.165, 1.54) is 0 Å². The van der Waals surface area contributed by atoms with Crippen molar-refractivity contribution >= 4 is 0 Å². The maximum absolute atomic E-state index is 12.6. The molecule has 1 aromatic carbocycles. The van der Waals surface area contributed by atoms with Crippen molar-refractivity contribution in [2.75, 3.05) is 0 Å². The first-order chi connectivity index (χ1) is 5.57. The maximum Gasteiger partial charge on any atom is 0.166 e. The van der Waals surface area contributed by atoms with Gasteiger partial charge in [-0.3, -0.25) is 0 Å². The Morgan fingerprint density at radius 3 is 1.75 bits per heavy atom. The summed E-state index contributed by atoms with van der Waals surface area (Å²) in [5, 5.41) is 0. The fourth-order valence-corrected chi connectivity index (χ4v) is 0.802. The number of hydrogen-bond donors (Lipinski definition) is 1. The van der Waals surface area contributed by atoms with Crippen molar-refractivity contribution in [3.05, 3.63) is 34.9 Å². The summed E-state index contributed by atoms with van der Waals surface area (Å²) in [5.74, 6) is -5.74. The molecule has 1 nitrogen and oxygen atoms in total. The van der Waals surface area contributed by atoms with E-state index in [1.807, 2.05) is 0 Å². The average Bonchev–Trinajstić information content (AvgIpc) is 2.02. The van der Waals surface area contributed by atoms with Crippen LogP contribution >= 0.6 is 0 Å². The van der Waals surface area contributed by atoms with Crippen molar-refractivity contribution in [2.24, 2.45) is 5.73 Å². The summed E-state index contributed by atoms with van der Waals surface area (Å²) in [6.07, 6.45) is 0. The van der Waals surface area contributed by atoms with Crippen molar-refractivity contribution in [3.8, 4) is 0 Å². The summed E-state index contributed by atoms with van der Waals surface area (Å²) in [4.78, 5) is 0. The van der Waals surface area contributed by atoms with Gasteiger partial charge in [0.15, 0.2) is 23.3 Å². The van der Waals surface area contributed by atoms with Gasteiger partial charge in [0.05, 0.1) is 0 Å². The summed E-state index contributed by atoms with van der Waals surface area (Å²) in [6.45, 7) is -0.577. The molecular weight excluding hydrogens is 174 g/mol. The fourth-order valence-electron chi connectivity index (χ4n) is 0.802. The van der Waals surface area contributed by atoms with Crippen LogP contribution in [0.5, 0.6) is 0 Å². The van der Waals surface area contributed by atoms with Crippen LogP contribution in [0, 0.1) is 23.3 Å². The Morgan fingerprint density at radius 1 is 1.00 bits per heavy atom. The van der Waals surface area contributed by atoms with Crippen molar-refractivity contribution in [1.29, 1.82) is 0 Å². The third-order valence-electron chi connectivity index (χ3n) is 1.41. The van der Waals surface area contributed by atoms with Gasteiger partial charge in [0.1, 0.15) is 0 Å². The van der Waals surface area contributed by atoms with Gasteiger partial charge in [-0.1, -0.05) is 0 Å². The molecule has 0 spiro atoms. The van der Waals surface area contributed by atoms with E-state index in [9.17, 15) is 17.6 Å². The highest BCUT2D eigenvalue weighted by molar-refractivity contribution is 5.22. The minimum absolute atomic E-state index is 0.143. The van der Waals surface area contributed by atoms with Gasteiger partial charge in [0.25, 0.3) is 0 Å². The molecule has 0 heterocycles. The van der Waals surface area contributed by atoms with Crippen molar-refractivity contribution in [2.45, 2.75) is 6.54 Å². The average molecular weight is 179 g/mol. The van der Waals surface area contributed by atoms with E-state index in [2.05, 4.69) is 0 Å². The van der Waals surface area contributed by atoms with Gasteiger partial charge in [-0.2, -0.15) is 0 Å². The van der Waals surface area contributed by atoms with E-state index in [0.29, 0.717) is 0 Å². The first-order valence-electron chi connectivity index (χ1n) is 3.10. The Hall–Kier alpha value is -1.10. The monoisotopic (exact) mass is 179 g/mol. The smallest absolute Gasteiger partial charge is 0.166 e. The van der Waals surface area contributed by atoms with E-state index < -0.39 is 35.4 Å². The topological polar surface area (TPSA) is 26.0 Å². The molecule has 0 aliphatic rings. The molecule has 66 valence electrons. The zero-order valence-electron chi connectivity index (χ0n) is 5.87. The lowest BCUT2D eigenvalue weighted by atomic mass is 10.2. The lowest BCUT2D eigenvalue weighted by molar-refractivity contribution is 0.439. The standard InChI is InChI=1S/C7H5F4N/c8-4-1-5(9)7(11)3(2-12)6(4)10/h1H,2,12H2. The van der Waals surface area contributed by atoms with Gasteiger partial charge in [-0.25, -0.2) is 17.6 Å². The van der Waals surface area contributed by atoms with E-state index in [1.54, 1.807) is 0 Å². The first-order valence-corrected chi connectivity index (χ1v) is 3.10. The normalized spacial score (nSPS) is 10.4. The molecule has 1 aromatic rings. The number of rotatable bonds is 1. The van der Waals surface area contributed by atoms with Gasteiger partial charge in [0.2, 0.25) is 0 Å². The molecule has 1 rings (SSSR count). The molecule has 0 amide bonds. The second kappa shape index (κ2) is 3.10. The highest BCUT2D eigenvalue weighted by atomic mass is 19.2. The highest BCUT2D eigenvalue weighted by Crippen LogP contribution is 2.18. The van der Waals surface area contributed by atoms with Crippen LogP contribution in [-0.2, 0) is 6.54 Å². The van der Waals surface area contributed by atoms with Crippen LogP contribution < -0.4 is 5.73 Å². The number of hydrogen-bond acceptors (Lipinski definition) is 1. The molecule has 0 unspecified atom stereocenters. The van der Waals surface area contributed by atoms with Crippen molar-refractivity contribution in [3.63, 3.8) is 0 Å². The fraction of sp³-hybridized carbons (Fsp3) is 0.143. The predicted octanol–water partition coefficient (Wildman–Crippen LogP) is 1.70. The Kier molecular flexibility index (Phi) is 2.32. The Balaban J connectivity index is 3.42. The molecule has 0 radical (unpaired) electrons. The number of halogens is 4. The predicted molar refractivity (Wildman–Crippen MR) is 34.2 cm³/mol. The molecule has 0 saturated heterocycles. The number of benzene rings is 1. The van der Waals surface area contributed by atoms with Crippen LogP contribution in [0.15, 0.2) is 6.07 Å². The highest BCUT2D eigenvalue weighted by Gasteiger charge is 2.16. The van der Waals surface area contributed by atoms with Gasteiger partial charge in [0, 0.05) is 18.2 Å². The SMILES string of the molecule is NCc1c(F)c(F)cc(F)c1F. The first kappa shape index (κ1) is 8.99. The lowest BCUT2D eigenvalue weighted by Crippen LogP contribution is -2.07. The quantitative estimate of drug-likeness (QED) is 0.515. The molecule has 0 fully saturated rings. The van der Waals surface area contributed by atoms with Crippen LogP contribution in [0.25, 0.3) is 0 Å². The van der Waals surface area contributed by atoms with Gasteiger partial charge >= 0.3 is 0 Å². The van der Waals surface area contributed by atoms with Crippen LogP contribution in [0.3, 0.4) is 0 Å². The van der Waals surface area contributed by atoms with E-state index >= 15 is 0 Å². The minimum Gasteiger partial charge on any atom is -0.326 e. The third kappa shape index (κ3) is 1.27. The molecular formula is C7H5F4N. The Morgan fingerprint density at radius 2 is 1.42 bits per heavy atom. The van der Waals surface area contributed by atoms with Crippen LogP contribution in [0.1, 0.15) is 5.56 Å². The molecule has 0 aliphatic carbocycles.